The molecular formula is C15H22O5. The number of rotatable bonds is 7. The van der Waals surface area contributed by atoms with Gasteiger partial charge in [0.25, 0.3) is 0 Å². The highest BCUT2D eigenvalue weighted by atomic mass is 17.2. The lowest BCUT2D eigenvalue weighted by molar-refractivity contribution is -0.338. The number of carbonyl (C=O) groups excluding carboxylic acids is 1. The minimum absolute atomic E-state index is 0.138. The maximum Gasteiger partial charge on any atom is 0.346 e. The van der Waals surface area contributed by atoms with Crippen LogP contribution in [0.2, 0.25) is 0 Å². The quantitative estimate of drug-likeness (QED) is 0.441. The summed E-state index contributed by atoms with van der Waals surface area (Å²) in [5.41, 5.74) is -0.922. The highest BCUT2D eigenvalue weighted by Crippen LogP contribution is 2.44. The fourth-order valence-electron chi connectivity index (χ4n) is 3.17. The number of fused-ring (bicyclic) bond motifs is 2. The summed E-state index contributed by atoms with van der Waals surface area (Å²) in [4.78, 5) is 33.2. The first kappa shape index (κ1) is 15.0. The molecule has 0 amide bonds. The molecule has 1 fully saturated rings. The first-order chi connectivity index (χ1) is 9.49. The van der Waals surface area contributed by atoms with Crippen molar-refractivity contribution in [3.8, 4) is 0 Å². The van der Waals surface area contributed by atoms with Gasteiger partial charge in [-0.3, -0.25) is 9.68 Å². The molecule has 0 aromatic rings. The van der Waals surface area contributed by atoms with Gasteiger partial charge in [0.1, 0.15) is 5.60 Å². The lowest BCUT2D eigenvalue weighted by Crippen LogP contribution is -2.36. The lowest BCUT2D eigenvalue weighted by Gasteiger charge is -2.28. The fourth-order valence-corrected chi connectivity index (χ4v) is 3.17. The maximum absolute atomic E-state index is 12.1. The summed E-state index contributed by atoms with van der Waals surface area (Å²) in [6.07, 6.45) is 6.87. The first-order valence-electron chi connectivity index (χ1n) is 7.29. The van der Waals surface area contributed by atoms with Crippen LogP contribution in [-0.4, -0.2) is 22.6 Å². The normalized spacial score (nSPS) is 27.8. The van der Waals surface area contributed by atoms with E-state index in [1.165, 1.54) is 0 Å². The van der Waals surface area contributed by atoms with E-state index >= 15 is 0 Å². The van der Waals surface area contributed by atoms with E-state index in [2.05, 4.69) is 12.2 Å². The number of hydrogen-bond donors (Lipinski definition) is 1. The molecule has 3 atom stereocenters. The van der Waals surface area contributed by atoms with Crippen molar-refractivity contribution in [2.45, 2.75) is 51.6 Å². The Labute approximate surface area is 118 Å². The molecule has 112 valence electrons. The second-order valence-electron chi connectivity index (χ2n) is 5.83. The second-order valence-corrected chi connectivity index (χ2v) is 5.83. The zero-order valence-electron chi connectivity index (χ0n) is 12.0. The van der Waals surface area contributed by atoms with Crippen molar-refractivity contribution in [1.82, 2.24) is 0 Å². The number of aliphatic carboxylic acids is 1. The molecule has 2 bridgehead atoms. The van der Waals surface area contributed by atoms with Crippen molar-refractivity contribution >= 4 is 11.9 Å². The van der Waals surface area contributed by atoms with E-state index in [9.17, 15) is 9.59 Å². The SMILES string of the molecule is CCC(CC)(CC(=O)O)OOC(=O)C1CC2C=CC1C2. The van der Waals surface area contributed by atoms with Gasteiger partial charge in [-0.2, -0.15) is 4.89 Å². The second kappa shape index (κ2) is 5.95. The molecule has 1 saturated carbocycles. The van der Waals surface area contributed by atoms with Crippen LogP contribution in [0.3, 0.4) is 0 Å². The van der Waals surface area contributed by atoms with Crippen molar-refractivity contribution in [2.75, 3.05) is 0 Å². The standard InChI is InChI=1S/C15H22O5/c1-3-15(4-2,9-13(16)17)20-19-14(18)12-8-10-5-6-11(12)7-10/h5-6,10-12H,3-4,7-9H2,1-2H3,(H,16,17). The van der Waals surface area contributed by atoms with Crippen molar-refractivity contribution in [3.63, 3.8) is 0 Å². The van der Waals surface area contributed by atoms with Crippen LogP contribution in [0.4, 0.5) is 0 Å². The molecule has 0 saturated heterocycles. The van der Waals surface area contributed by atoms with Crippen LogP contribution in [0.15, 0.2) is 12.2 Å². The van der Waals surface area contributed by atoms with E-state index in [1.807, 2.05) is 13.8 Å². The summed E-state index contributed by atoms with van der Waals surface area (Å²) in [6.45, 7) is 3.67. The van der Waals surface area contributed by atoms with Crippen LogP contribution < -0.4 is 0 Å². The maximum atomic E-state index is 12.1. The minimum atomic E-state index is -0.951. The number of carbonyl (C=O) groups is 2. The van der Waals surface area contributed by atoms with Crippen LogP contribution in [0.25, 0.3) is 0 Å². The highest BCUT2D eigenvalue weighted by Gasteiger charge is 2.42. The van der Waals surface area contributed by atoms with Gasteiger partial charge in [-0.05, 0) is 37.5 Å². The van der Waals surface area contributed by atoms with Crippen molar-refractivity contribution in [3.05, 3.63) is 12.2 Å². The monoisotopic (exact) mass is 282 g/mol. The molecule has 2 aliphatic rings. The Bertz CT molecular complexity index is 410. The summed E-state index contributed by atoms with van der Waals surface area (Å²) >= 11 is 0. The molecule has 0 heterocycles. The molecule has 3 unspecified atom stereocenters. The number of carboxylic acid groups (broad SMARTS) is 1. The average molecular weight is 282 g/mol. The summed E-state index contributed by atoms with van der Waals surface area (Å²) in [7, 11) is 0. The molecule has 2 aliphatic carbocycles. The van der Waals surface area contributed by atoms with Gasteiger partial charge < -0.3 is 5.11 Å². The van der Waals surface area contributed by atoms with E-state index < -0.39 is 11.6 Å². The molecule has 5 nitrogen and oxygen atoms in total. The highest BCUT2D eigenvalue weighted by molar-refractivity contribution is 5.73. The van der Waals surface area contributed by atoms with Crippen LogP contribution >= 0.6 is 0 Å². The van der Waals surface area contributed by atoms with Gasteiger partial charge in [0.15, 0.2) is 0 Å². The zero-order valence-corrected chi connectivity index (χ0v) is 12.0. The van der Waals surface area contributed by atoms with Gasteiger partial charge >= 0.3 is 11.9 Å². The van der Waals surface area contributed by atoms with Gasteiger partial charge in [0.2, 0.25) is 0 Å². The number of carboxylic acids is 1. The lowest BCUT2D eigenvalue weighted by atomic mass is 9.93. The Morgan fingerprint density at radius 3 is 2.40 bits per heavy atom. The fraction of sp³-hybridized carbons (Fsp3) is 0.733. The van der Waals surface area contributed by atoms with Crippen molar-refractivity contribution in [2.24, 2.45) is 17.8 Å². The molecule has 5 heteroatoms. The molecule has 0 spiro atoms. The van der Waals surface area contributed by atoms with Crippen molar-refractivity contribution in [1.29, 1.82) is 0 Å². The third-order valence-corrected chi connectivity index (χ3v) is 4.64. The third kappa shape index (κ3) is 3.03. The predicted molar refractivity (Wildman–Crippen MR) is 71.6 cm³/mol. The molecule has 0 aromatic heterocycles. The van der Waals surface area contributed by atoms with E-state index in [0.717, 1.165) is 12.8 Å². The summed E-state index contributed by atoms with van der Waals surface area (Å²) < 4.78 is 0. The van der Waals surface area contributed by atoms with Gasteiger partial charge in [-0.25, -0.2) is 4.79 Å². The number of allylic oxidation sites excluding steroid dienone is 2. The molecule has 20 heavy (non-hydrogen) atoms. The minimum Gasteiger partial charge on any atom is -0.481 e. The van der Waals surface area contributed by atoms with E-state index in [4.69, 9.17) is 14.9 Å². The predicted octanol–water partition coefficient (Wildman–Crippen LogP) is 2.71. The Hall–Kier alpha value is -1.36. The zero-order chi connectivity index (χ0) is 14.8. The Balaban J connectivity index is 1.90. The van der Waals surface area contributed by atoms with Crippen LogP contribution in [0, 0.1) is 17.8 Å². The van der Waals surface area contributed by atoms with Crippen LogP contribution in [-0.2, 0) is 19.4 Å². The van der Waals surface area contributed by atoms with Gasteiger partial charge in [0.05, 0.1) is 12.3 Å². The average Bonchev–Trinajstić information content (AvgIpc) is 3.05. The summed E-state index contributed by atoms with van der Waals surface area (Å²) in [5, 5.41) is 8.94. The topological polar surface area (TPSA) is 72.8 Å². The number of hydrogen-bond acceptors (Lipinski definition) is 4. The van der Waals surface area contributed by atoms with Gasteiger partial charge in [0, 0.05) is 0 Å². The molecule has 1 N–H and O–H groups in total. The largest absolute Gasteiger partial charge is 0.481 e. The van der Waals surface area contributed by atoms with Crippen molar-refractivity contribution < 1.29 is 24.5 Å². The van der Waals surface area contributed by atoms with Crippen LogP contribution in [0.5, 0.6) is 0 Å². The molecular weight excluding hydrogens is 260 g/mol. The molecule has 0 aliphatic heterocycles. The summed E-state index contributed by atoms with van der Waals surface area (Å²) in [5.74, 6) is -0.709. The molecule has 2 rings (SSSR count). The van der Waals surface area contributed by atoms with Crippen LogP contribution in [0.1, 0.15) is 46.0 Å². The van der Waals surface area contributed by atoms with Gasteiger partial charge in [-0.15, -0.1) is 0 Å². The molecule has 0 radical (unpaired) electrons. The van der Waals surface area contributed by atoms with E-state index in [-0.39, 0.29) is 24.2 Å². The Morgan fingerprint density at radius 1 is 1.25 bits per heavy atom. The summed E-state index contributed by atoms with van der Waals surface area (Å²) in [6, 6.07) is 0. The Morgan fingerprint density at radius 2 is 1.95 bits per heavy atom. The third-order valence-electron chi connectivity index (χ3n) is 4.64. The molecule has 0 aromatic carbocycles. The Kier molecular flexibility index (Phi) is 4.48. The van der Waals surface area contributed by atoms with Gasteiger partial charge in [-0.1, -0.05) is 26.0 Å². The smallest absolute Gasteiger partial charge is 0.346 e. The first-order valence-corrected chi connectivity index (χ1v) is 7.29. The van der Waals surface area contributed by atoms with E-state index in [0.29, 0.717) is 18.8 Å². The van der Waals surface area contributed by atoms with E-state index in [1.54, 1.807) is 0 Å².